The summed E-state index contributed by atoms with van der Waals surface area (Å²) in [7, 11) is 3.04. The first-order chi connectivity index (χ1) is 8.24. The summed E-state index contributed by atoms with van der Waals surface area (Å²) in [6.45, 7) is 1.10. The second-order valence-electron chi connectivity index (χ2n) is 3.44. The monoisotopic (exact) mass is 274 g/mol. The quantitative estimate of drug-likeness (QED) is 0.765. The van der Waals surface area contributed by atoms with E-state index >= 15 is 0 Å². The fraction of sp³-hybridized carbons (Fsp3) is 0.417. The van der Waals surface area contributed by atoms with Gasteiger partial charge >= 0.3 is 0 Å². The molecule has 0 radical (unpaired) electrons. The van der Waals surface area contributed by atoms with Gasteiger partial charge in [-0.3, -0.25) is 4.79 Å². The van der Waals surface area contributed by atoms with E-state index in [1.165, 1.54) is 14.2 Å². The molecule has 0 saturated carbocycles. The number of carbonyl (C=O) groups is 1. The van der Waals surface area contributed by atoms with E-state index in [1.54, 1.807) is 18.2 Å². The number of nitrogens with two attached hydrogens (primary N) is 1. The van der Waals surface area contributed by atoms with Crippen molar-refractivity contribution in [2.75, 3.05) is 27.3 Å². The Kier molecular flexibility index (Phi) is 7.91. The lowest BCUT2D eigenvalue weighted by atomic mass is 10.1. The van der Waals surface area contributed by atoms with Crippen LogP contribution in [0.1, 0.15) is 16.8 Å². The molecule has 0 aliphatic carbocycles. The van der Waals surface area contributed by atoms with E-state index in [0.717, 1.165) is 6.42 Å². The number of ether oxygens (including phenoxy) is 2. The Labute approximate surface area is 113 Å². The first kappa shape index (κ1) is 16.5. The SMILES string of the molecule is COc1cccc(C(=O)NCCCN)c1OC.Cl. The molecule has 0 heterocycles. The van der Waals surface area contributed by atoms with Crippen molar-refractivity contribution in [1.82, 2.24) is 5.32 Å². The van der Waals surface area contributed by atoms with Gasteiger partial charge in [-0.05, 0) is 25.1 Å². The van der Waals surface area contributed by atoms with Gasteiger partial charge in [0.2, 0.25) is 0 Å². The molecule has 0 aliphatic rings. The topological polar surface area (TPSA) is 73.6 Å². The summed E-state index contributed by atoms with van der Waals surface area (Å²) in [5.74, 6) is 0.799. The Morgan fingerprint density at radius 3 is 2.61 bits per heavy atom. The highest BCUT2D eigenvalue weighted by molar-refractivity contribution is 5.97. The summed E-state index contributed by atoms with van der Waals surface area (Å²) in [5, 5.41) is 2.77. The molecule has 0 aromatic heterocycles. The molecule has 102 valence electrons. The number of carbonyl (C=O) groups excluding carboxylic acids is 1. The molecule has 0 unspecified atom stereocenters. The summed E-state index contributed by atoms with van der Waals surface area (Å²) >= 11 is 0. The second kappa shape index (κ2) is 8.60. The van der Waals surface area contributed by atoms with Crippen LogP contribution in [0, 0.1) is 0 Å². The van der Waals surface area contributed by atoms with Crippen LogP contribution in [-0.2, 0) is 0 Å². The van der Waals surface area contributed by atoms with Crippen LogP contribution in [-0.4, -0.2) is 33.2 Å². The molecule has 3 N–H and O–H groups in total. The van der Waals surface area contributed by atoms with E-state index in [-0.39, 0.29) is 18.3 Å². The van der Waals surface area contributed by atoms with Gasteiger partial charge in [-0.2, -0.15) is 0 Å². The number of benzene rings is 1. The third-order valence-electron chi connectivity index (χ3n) is 2.31. The van der Waals surface area contributed by atoms with Gasteiger partial charge in [0.1, 0.15) is 0 Å². The lowest BCUT2D eigenvalue weighted by Gasteiger charge is -2.12. The summed E-state index contributed by atoms with van der Waals surface area (Å²) in [4.78, 5) is 11.9. The van der Waals surface area contributed by atoms with Gasteiger partial charge in [0, 0.05) is 6.54 Å². The smallest absolute Gasteiger partial charge is 0.255 e. The van der Waals surface area contributed by atoms with Crippen LogP contribution >= 0.6 is 12.4 Å². The summed E-state index contributed by atoms with van der Waals surface area (Å²) < 4.78 is 10.3. The van der Waals surface area contributed by atoms with Gasteiger partial charge in [-0.25, -0.2) is 0 Å². The molecule has 0 saturated heterocycles. The van der Waals surface area contributed by atoms with Crippen molar-refractivity contribution in [3.8, 4) is 11.5 Å². The predicted molar refractivity (Wildman–Crippen MR) is 72.8 cm³/mol. The van der Waals surface area contributed by atoms with Crippen LogP contribution in [0.2, 0.25) is 0 Å². The molecular weight excluding hydrogens is 256 g/mol. The minimum atomic E-state index is -0.186. The Morgan fingerprint density at radius 1 is 1.33 bits per heavy atom. The molecule has 0 fully saturated rings. The number of amides is 1. The van der Waals surface area contributed by atoms with Gasteiger partial charge in [0.15, 0.2) is 11.5 Å². The highest BCUT2D eigenvalue weighted by atomic mass is 35.5. The average Bonchev–Trinajstić information content (AvgIpc) is 2.37. The number of hydrogen-bond acceptors (Lipinski definition) is 4. The zero-order valence-corrected chi connectivity index (χ0v) is 11.4. The van der Waals surface area contributed by atoms with E-state index in [1.807, 2.05) is 0 Å². The van der Waals surface area contributed by atoms with Gasteiger partial charge < -0.3 is 20.5 Å². The van der Waals surface area contributed by atoms with Gasteiger partial charge in [-0.15, -0.1) is 12.4 Å². The number of para-hydroxylation sites is 1. The Hall–Kier alpha value is -1.46. The normalized spacial score (nSPS) is 9.28. The molecule has 1 amide bonds. The number of halogens is 1. The highest BCUT2D eigenvalue weighted by Crippen LogP contribution is 2.30. The molecular formula is C12H19ClN2O3. The molecule has 6 heteroatoms. The molecule has 0 aliphatic heterocycles. The fourth-order valence-electron chi connectivity index (χ4n) is 1.47. The minimum Gasteiger partial charge on any atom is -0.493 e. The molecule has 0 bridgehead atoms. The van der Waals surface area contributed by atoms with E-state index in [0.29, 0.717) is 30.2 Å². The predicted octanol–water partition coefficient (Wildman–Crippen LogP) is 1.20. The van der Waals surface area contributed by atoms with Gasteiger partial charge in [-0.1, -0.05) is 6.07 Å². The molecule has 1 aromatic rings. The lowest BCUT2D eigenvalue weighted by molar-refractivity contribution is 0.0950. The van der Waals surface area contributed by atoms with E-state index in [4.69, 9.17) is 15.2 Å². The lowest BCUT2D eigenvalue weighted by Crippen LogP contribution is -2.26. The van der Waals surface area contributed by atoms with Crippen LogP contribution < -0.4 is 20.5 Å². The maximum absolute atomic E-state index is 11.9. The van der Waals surface area contributed by atoms with Crippen LogP contribution in [0.4, 0.5) is 0 Å². The maximum Gasteiger partial charge on any atom is 0.255 e. The fourth-order valence-corrected chi connectivity index (χ4v) is 1.47. The van der Waals surface area contributed by atoms with E-state index in [9.17, 15) is 4.79 Å². The third-order valence-corrected chi connectivity index (χ3v) is 2.31. The number of methoxy groups -OCH3 is 2. The molecule has 0 atom stereocenters. The minimum absolute atomic E-state index is 0. The zero-order valence-electron chi connectivity index (χ0n) is 10.6. The Bertz CT molecular complexity index is 386. The first-order valence-corrected chi connectivity index (χ1v) is 5.43. The van der Waals surface area contributed by atoms with Crippen molar-refractivity contribution < 1.29 is 14.3 Å². The maximum atomic E-state index is 11.9. The zero-order chi connectivity index (χ0) is 12.7. The highest BCUT2D eigenvalue weighted by Gasteiger charge is 2.15. The van der Waals surface area contributed by atoms with Crippen molar-refractivity contribution in [2.45, 2.75) is 6.42 Å². The molecule has 1 rings (SSSR count). The molecule has 5 nitrogen and oxygen atoms in total. The van der Waals surface area contributed by atoms with Crippen molar-refractivity contribution >= 4 is 18.3 Å². The van der Waals surface area contributed by atoms with Crippen LogP contribution in [0.5, 0.6) is 11.5 Å². The average molecular weight is 275 g/mol. The van der Waals surface area contributed by atoms with Gasteiger partial charge in [0.25, 0.3) is 5.91 Å². The second-order valence-corrected chi connectivity index (χ2v) is 3.44. The van der Waals surface area contributed by atoms with Crippen LogP contribution in [0.25, 0.3) is 0 Å². The first-order valence-electron chi connectivity index (χ1n) is 5.43. The summed E-state index contributed by atoms with van der Waals surface area (Å²) in [6.07, 6.45) is 0.748. The Morgan fingerprint density at radius 2 is 2.06 bits per heavy atom. The third kappa shape index (κ3) is 4.09. The van der Waals surface area contributed by atoms with Crippen molar-refractivity contribution in [2.24, 2.45) is 5.73 Å². The molecule has 0 spiro atoms. The van der Waals surface area contributed by atoms with Gasteiger partial charge in [0.05, 0.1) is 19.8 Å². The molecule has 1 aromatic carbocycles. The number of nitrogens with one attached hydrogen (secondary N) is 1. The largest absolute Gasteiger partial charge is 0.493 e. The van der Waals surface area contributed by atoms with Crippen molar-refractivity contribution in [1.29, 1.82) is 0 Å². The number of hydrogen-bond donors (Lipinski definition) is 2. The Balaban J connectivity index is 0.00000289. The van der Waals surface area contributed by atoms with E-state index in [2.05, 4.69) is 5.32 Å². The van der Waals surface area contributed by atoms with Crippen molar-refractivity contribution in [3.63, 3.8) is 0 Å². The summed E-state index contributed by atoms with van der Waals surface area (Å²) in [6, 6.07) is 5.19. The van der Waals surface area contributed by atoms with Crippen LogP contribution in [0.3, 0.4) is 0 Å². The number of rotatable bonds is 6. The van der Waals surface area contributed by atoms with Crippen molar-refractivity contribution in [3.05, 3.63) is 23.8 Å². The van der Waals surface area contributed by atoms with E-state index < -0.39 is 0 Å². The summed E-state index contributed by atoms with van der Waals surface area (Å²) in [5.41, 5.74) is 5.82. The van der Waals surface area contributed by atoms with Crippen LogP contribution in [0.15, 0.2) is 18.2 Å². The molecule has 18 heavy (non-hydrogen) atoms. The standard InChI is InChI=1S/C12H18N2O3.ClH/c1-16-10-6-3-5-9(11(10)17-2)12(15)14-8-4-7-13;/h3,5-6H,4,7-8,13H2,1-2H3,(H,14,15);1H.